The summed E-state index contributed by atoms with van der Waals surface area (Å²) < 4.78 is 5.04. The molecule has 1 rings (SSSR count). The smallest absolute Gasteiger partial charge is 0.213 e. The molecule has 1 atom stereocenters. The molecule has 1 N–H and O–H groups in total. The molecule has 3 heteroatoms. The topological polar surface area (TPSA) is 34.2 Å². The Bertz CT molecular complexity index is 263. The van der Waals surface area contributed by atoms with Gasteiger partial charge in [-0.3, -0.25) is 0 Å². The van der Waals surface area contributed by atoms with Gasteiger partial charge in [0, 0.05) is 18.3 Å². The molecular weight excluding hydrogens is 164 g/mol. The Balaban J connectivity index is 2.66. The summed E-state index contributed by atoms with van der Waals surface area (Å²) in [7, 11) is 3.59. The molecule has 0 aromatic carbocycles. The lowest BCUT2D eigenvalue weighted by molar-refractivity contribution is 0.397. The maximum Gasteiger partial charge on any atom is 0.213 e. The van der Waals surface area contributed by atoms with Gasteiger partial charge >= 0.3 is 0 Å². The highest BCUT2D eigenvalue weighted by molar-refractivity contribution is 5.21. The van der Waals surface area contributed by atoms with Gasteiger partial charge in [0.25, 0.3) is 0 Å². The Labute approximate surface area is 79.1 Å². The van der Waals surface area contributed by atoms with Crippen LogP contribution in [0.1, 0.15) is 12.5 Å². The Kier molecular flexibility index (Phi) is 3.71. The van der Waals surface area contributed by atoms with Crippen LogP contribution in [0, 0.1) is 0 Å². The van der Waals surface area contributed by atoms with Gasteiger partial charge in [-0.05, 0) is 32.0 Å². The Hall–Kier alpha value is -1.09. The maximum absolute atomic E-state index is 5.04. The average molecular weight is 180 g/mol. The van der Waals surface area contributed by atoms with Crippen molar-refractivity contribution in [3.05, 3.63) is 23.9 Å². The molecule has 0 aliphatic rings. The number of ether oxygens (including phenoxy) is 1. The van der Waals surface area contributed by atoms with Crippen LogP contribution in [0.5, 0.6) is 5.88 Å². The minimum Gasteiger partial charge on any atom is -0.481 e. The van der Waals surface area contributed by atoms with Crippen molar-refractivity contribution in [1.82, 2.24) is 10.3 Å². The third kappa shape index (κ3) is 3.03. The van der Waals surface area contributed by atoms with Gasteiger partial charge in [-0.2, -0.15) is 0 Å². The second-order valence-electron chi connectivity index (χ2n) is 3.10. The zero-order chi connectivity index (χ0) is 9.68. The molecule has 1 heterocycles. The van der Waals surface area contributed by atoms with Crippen molar-refractivity contribution in [3.8, 4) is 5.88 Å². The van der Waals surface area contributed by atoms with E-state index in [0.29, 0.717) is 11.9 Å². The summed E-state index contributed by atoms with van der Waals surface area (Å²) in [5, 5.41) is 3.19. The molecule has 0 bridgehead atoms. The molecule has 1 aromatic rings. The van der Waals surface area contributed by atoms with Crippen LogP contribution < -0.4 is 10.1 Å². The van der Waals surface area contributed by atoms with Crippen molar-refractivity contribution in [2.24, 2.45) is 0 Å². The average Bonchev–Trinajstić information content (AvgIpc) is 2.18. The van der Waals surface area contributed by atoms with Crippen molar-refractivity contribution in [2.45, 2.75) is 19.4 Å². The third-order valence-electron chi connectivity index (χ3n) is 2.04. The molecule has 0 aliphatic heterocycles. The van der Waals surface area contributed by atoms with Crippen molar-refractivity contribution < 1.29 is 4.74 Å². The maximum atomic E-state index is 5.04. The quantitative estimate of drug-likeness (QED) is 0.757. The van der Waals surface area contributed by atoms with Crippen molar-refractivity contribution in [2.75, 3.05) is 14.2 Å². The van der Waals surface area contributed by atoms with Crippen molar-refractivity contribution in [3.63, 3.8) is 0 Å². The molecule has 0 saturated heterocycles. The number of nitrogens with zero attached hydrogens (tertiary/aromatic N) is 1. The first-order valence-electron chi connectivity index (χ1n) is 4.42. The highest BCUT2D eigenvalue weighted by atomic mass is 16.5. The normalized spacial score (nSPS) is 12.5. The predicted molar refractivity (Wildman–Crippen MR) is 53.0 cm³/mol. The molecule has 1 unspecified atom stereocenters. The van der Waals surface area contributed by atoms with E-state index < -0.39 is 0 Å². The second-order valence-corrected chi connectivity index (χ2v) is 3.10. The number of aromatic nitrogens is 1. The number of hydrogen-bond acceptors (Lipinski definition) is 3. The third-order valence-corrected chi connectivity index (χ3v) is 2.04. The molecule has 13 heavy (non-hydrogen) atoms. The van der Waals surface area contributed by atoms with Crippen LogP contribution in [0.15, 0.2) is 18.3 Å². The molecule has 1 aromatic heterocycles. The summed E-state index contributed by atoms with van der Waals surface area (Å²) in [5.74, 6) is 0.681. The van der Waals surface area contributed by atoms with Gasteiger partial charge in [0.2, 0.25) is 5.88 Å². The van der Waals surface area contributed by atoms with E-state index in [-0.39, 0.29) is 0 Å². The van der Waals surface area contributed by atoms with E-state index in [0.717, 1.165) is 6.42 Å². The lowest BCUT2D eigenvalue weighted by atomic mass is 10.1. The lowest BCUT2D eigenvalue weighted by Gasteiger charge is -2.09. The van der Waals surface area contributed by atoms with Crippen LogP contribution in [0.4, 0.5) is 0 Å². The van der Waals surface area contributed by atoms with Gasteiger partial charge in [0.05, 0.1) is 7.11 Å². The molecule has 0 saturated carbocycles. The van der Waals surface area contributed by atoms with Gasteiger partial charge in [0.15, 0.2) is 0 Å². The second kappa shape index (κ2) is 4.82. The fraction of sp³-hybridized carbons (Fsp3) is 0.500. The van der Waals surface area contributed by atoms with E-state index in [4.69, 9.17) is 4.74 Å². The number of nitrogens with one attached hydrogen (secondary N) is 1. The van der Waals surface area contributed by atoms with Gasteiger partial charge in [0.1, 0.15) is 0 Å². The first-order chi connectivity index (χ1) is 6.26. The molecule has 0 spiro atoms. The van der Waals surface area contributed by atoms with Crippen LogP contribution in [0.25, 0.3) is 0 Å². The SMILES string of the molecule is CNC(C)Cc1ccnc(OC)c1. The van der Waals surface area contributed by atoms with E-state index in [1.807, 2.05) is 19.2 Å². The summed E-state index contributed by atoms with van der Waals surface area (Å²) in [5.41, 5.74) is 1.24. The van der Waals surface area contributed by atoms with Crippen LogP contribution in [0.3, 0.4) is 0 Å². The summed E-state index contributed by atoms with van der Waals surface area (Å²) in [4.78, 5) is 4.05. The molecule has 0 amide bonds. The highest BCUT2D eigenvalue weighted by Crippen LogP contribution is 2.10. The molecule has 3 nitrogen and oxygen atoms in total. The summed E-state index contributed by atoms with van der Waals surface area (Å²) in [6.07, 6.45) is 2.77. The van der Waals surface area contributed by atoms with Crippen LogP contribution in [-0.2, 0) is 6.42 Å². The predicted octanol–water partition coefficient (Wildman–Crippen LogP) is 1.24. The Morgan fingerprint density at radius 3 is 3.00 bits per heavy atom. The molecule has 0 aliphatic carbocycles. The van der Waals surface area contributed by atoms with E-state index in [1.165, 1.54) is 5.56 Å². The molecule has 72 valence electrons. The largest absolute Gasteiger partial charge is 0.481 e. The zero-order valence-electron chi connectivity index (χ0n) is 8.37. The fourth-order valence-electron chi connectivity index (χ4n) is 1.14. The zero-order valence-corrected chi connectivity index (χ0v) is 8.37. The first kappa shape index (κ1) is 9.99. The van der Waals surface area contributed by atoms with Crippen LogP contribution >= 0.6 is 0 Å². The van der Waals surface area contributed by atoms with Gasteiger partial charge < -0.3 is 10.1 Å². The van der Waals surface area contributed by atoms with E-state index >= 15 is 0 Å². The minimum atomic E-state index is 0.479. The van der Waals surface area contributed by atoms with Gasteiger partial charge in [-0.1, -0.05) is 0 Å². The monoisotopic (exact) mass is 180 g/mol. The lowest BCUT2D eigenvalue weighted by Crippen LogP contribution is -2.23. The van der Waals surface area contributed by atoms with E-state index in [1.54, 1.807) is 13.3 Å². The Morgan fingerprint density at radius 1 is 1.62 bits per heavy atom. The van der Waals surface area contributed by atoms with Crippen LogP contribution in [0.2, 0.25) is 0 Å². The number of pyridine rings is 1. The van der Waals surface area contributed by atoms with Crippen molar-refractivity contribution in [1.29, 1.82) is 0 Å². The van der Waals surface area contributed by atoms with E-state index in [9.17, 15) is 0 Å². The Morgan fingerprint density at radius 2 is 2.38 bits per heavy atom. The number of rotatable bonds is 4. The number of methoxy groups -OCH3 is 1. The van der Waals surface area contributed by atoms with Gasteiger partial charge in [-0.25, -0.2) is 4.98 Å². The number of hydrogen-bond donors (Lipinski definition) is 1. The molecule has 0 fully saturated rings. The highest BCUT2D eigenvalue weighted by Gasteiger charge is 2.01. The molecule has 0 radical (unpaired) electrons. The molecular formula is C10H16N2O. The number of likely N-dealkylation sites (N-methyl/N-ethyl adjacent to an activating group) is 1. The van der Waals surface area contributed by atoms with E-state index in [2.05, 4.69) is 17.2 Å². The minimum absolute atomic E-state index is 0.479. The first-order valence-corrected chi connectivity index (χ1v) is 4.42. The van der Waals surface area contributed by atoms with Crippen LogP contribution in [-0.4, -0.2) is 25.2 Å². The summed E-state index contributed by atoms with van der Waals surface area (Å²) in [6, 6.07) is 4.46. The van der Waals surface area contributed by atoms with Crippen molar-refractivity contribution >= 4 is 0 Å². The van der Waals surface area contributed by atoms with Gasteiger partial charge in [-0.15, -0.1) is 0 Å². The standard InChI is InChI=1S/C10H16N2O/c1-8(11-2)6-9-4-5-12-10(7-9)13-3/h4-5,7-8,11H,6H2,1-3H3. The summed E-state index contributed by atoms with van der Waals surface area (Å²) >= 11 is 0. The fourth-order valence-corrected chi connectivity index (χ4v) is 1.14. The summed E-state index contributed by atoms with van der Waals surface area (Å²) in [6.45, 7) is 2.15.